The third-order valence-corrected chi connectivity index (χ3v) is 2.51. The largest absolute Gasteiger partial charge is 0.372 e. The SMILES string of the molecule is CNc1cnc(CN(C)CC(=O)NCC(C)C)cn1. The highest BCUT2D eigenvalue weighted by molar-refractivity contribution is 5.77. The molecule has 0 unspecified atom stereocenters. The van der Waals surface area contributed by atoms with Crippen molar-refractivity contribution in [1.29, 1.82) is 0 Å². The zero-order chi connectivity index (χ0) is 14.3. The standard InChI is InChI=1S/C13H23N5O/c1-10(2)5-17-13(19)9-18(4)8-11-6-16-12(14-3)7-15-11/h6-7,10H,5,8-9H2,1-4H3,(H,14,16)(H,17,19). The lowest BCUT2D eigenvalue weighted by Gasteiger charge is -2.16. The highest BCUT2D eigenvalue weighted by Gasteiger charge is 2.08. The Morgan fingerprint density at radius 3 is 2.63 bits per heavy atom. The van der Waals surface area contributed by atoms with Crippen LogP contribution >= 0.6 is 0 Å². The van der Waals surface area contributed by atoms with Crippen LogP contribution in [0.25, 0.3) is 0 Å². The zero-order valence-corrected chi connectivity index (χ0v) is 12.1. The van der Waals surface area contributed by atoms with E-state index in [1.165, 1.54) is 0 Å². The Hall–Kier alpha value is -1.69. The number of amides is 1. The second-order valence-electron chi connectivity index (χ2n) is 5.01. The predicted molar refractivity (Wildman–Crippen MR) is 75.8 cm³/mol. The summed E-state index contributed by atoms with van der Waals surface area (Å²) in [5, 5.41) is 5.81. The van der Waals surface area contributed by atoms with Crippen LogP contribution in [-0.2, 0) is 11.3 Å². The smallest absolute Gasteiger partial charge is 0.234 e. The summed E-state index contributed by atoms with van der Waals surface area (Å²) in [4.78, 5) is 22.0. The summed E-state index contributed by atoms with van der Waals surface area (Å²) < 4.78 is 0. The van der Waals surface area contributed by atoms with E-state index in [2.05, 4.69) is 34.4 Å². The minimum Gasteiger partial charge on any atom is -0.372 e. The predicted octanol–water partition coefficient (Wildman–Crippen LogP) is 0.722. The Kier molecular flexibility index (Phi) is 6.21. The molecule has 0 aliphatic carbocycles. The molecular formula is C13H23N5O. The number of aromatic nitrogens is 2. The summed E-state index contributed by atoms with van der Waals surface area (Å²) >= 11 is 0. The van der Waals surface area contributed by atoms with Crippen molar-refractivity contribution in [2.24, 2.45) is 5.92 Å². The molecule has 0 aliphatic rings. The van der Waals surface area contributed by atoms with E-state index in [-0.39, 0.29) is 5.91 Å². The Balaban J connectivity index is 2.37. The first-order valence-electron chi connectivity index (χ1n) is 6.45. The number of hydrogen-bond donors (Lipinski definition) is 2. The molecular weight excluding hydrogens is 242 g/mol. The zero-order valence-electron chi connectivity index (χ0n) is 12.1. The average molecular weight is 265 g/mol. The van der Waals surface area contributed by atoms with E-state index in [9.17, 15) is 4.79 Å². The Bertz CT molecular complexity index is 391. The van der Waals surface area contributed by atoms with Crippen molar-refractivity contribution in [3.63, 3.8) is 0 Å². The van der Waals surface area contributed by atoms with Gasteiger partial charge in [-0.05, 0) is 13.0 Å². The molecule has 1 amide bonds. The van der Waals surface area contributed by atoms with E-state index in [4.69, 9.17) is 0 Å². The van der Waals surface area contributed by atoms with Crippen molar-refractivity contribution in [3.05, 3.63) is 18.1 Å². The van der Waals surface area contributed by atoms with Crippen molar-refractivity contribution < 1.29 is 4.79 Å². The molecule has 0 spiro atoms. The molecule has 1 aromatic heterocycles. The quantitative estimate of drug-likeness (QED) is 0.760. The maximum absolute atomic E-state index is 11.6. The highest BCUT2D eigenvalue weighted by atomic mass is 16.2. The van der Waals surface area contributed by atoms with Crippen LogP contribution in [0.1, 0.15) is 19.5 Å². The fourth-order valence-electron chi connectivity index (χ4n) is 1.52. The van der Waals surface area contributed by atoms with Crippen LogP contribution in [0.4, 0.5) is 5.82 Å². The minimum atomic E-state index is 0.0380. The van der Waals surface area contributed by atoms with E-state index >= 15 is 0 Å². The summed E-state index contributed by atoms with van der Waals surface area (Å²) in [5.41, 5.74) is 0.846. The molecule has 0 aliphatic heterocycles. The summed E-state index contributed by atoms with van der Waals surface area (Å²) in [6, 6.07) is 0. The molecule has 106 valence electrons. The molecule has 1 rings (SSSR count). The lowest BCUT2D eigenvalue weighted by molar-refractivity contribution is -0.122. The van der Waals surface area contributed by atoms with Crippen LogP contribution in [-0.4, -0.2) is 48.0 Å². The van der Waals surface area contributed by atoms with Crippen molar-refractivity contribution in [1.82, 2.24) is 20.2 Å². The Morgan fingerprint density at radius 2 is 2.11 bits per heavy atom. The van der Waals surface area contributed by atoms with Gasteiger partial charge in [0.15, 0.2) is 0 Å². The number of hydrogen-bond acceptors (Lipinski definition) is 5. The fourth-order valence-corrected chi connectivity index (χ4v) is 1.52. The number of likely N-dealkylation sites (N-methyl/N-ethyl adjacent to an activating group) is 1. The maximum atomic E-state index is 11.6. The van der Waals surface area contributed by atoms with Gasteiger partial charge >= 0.3 is 0 Å². The average Bonchev–Trinajstić information content (AvgIpc) is 2.37. The molecule has 0 radical (unpaired) electrons. The summed E-state index contributed by atoms with van der Waals surface area (Å²) in [5.74, 6) is 1.24. The van der Waals surface area contributed by atoms with Gasteiger partial charge in [0.2, 0.25) is 5.91 Å². The van der Waals surface area contributed by atoms with E-state index in [0.717, 1.165) is 11.5 Å². The van der Waals surface area contributed by atoms with E-state index in [1.54, 1.807) is 19.4 Å². The first kappa shape index (κ1) is 15.4. The number of carbonyl (C=O) groups is 1. The third-order valence-electron chi connectivity index (χ3n) is 2.51. The lowest BCUT2D eigenvalue weighted by atomic mass is 10.2. The first-order valence-corrected chi connectivity index (χ1v) is 6.45. The van der Waals surface area contributed by atoms with Crippen LogP contribution in [0.15, 0.2) is 12.4 Å². The summed E-state index contributed by atoms with van der Waals surface area (Å²) in [6.45, 7) is 5.82. The third kappa shape index (κ3) is 6.15. The van der Waals surface area contributed by atoms with Crippen LogP contribution in [0.3, 0.4) is 0 Å². The number of anilines is 1. The van der Waals surface area contributed by atoms with E-state index in [0.29, 0.717) is 25.6 Å². The van der Waals surface area contributed by atoms with Gasteiger partial charge in [-0.3, -0.25) is 14.7 Å². The van der Waals surface area contributed by atoms with Crippen LogP contribution < -0.4 is 10.6 Å². The second kappa shape index (κ2) is 7.68. The first-order chi connectivity index (χ1) is 9.01. The molecule has 0 aromatic carbocycles. The normalized spacial score (nSPS) is 10.8. The number of rotatable bonds is 7. The van der Waals surface area contributed by atoms with Crippen LogP contribution in [0.2, 0.25) is 0 Å². The van der Waals surface area contributed by atoms with Gasteiger partial charge < -0.3 is 10.6 Å². The minimum absolute atomic E-state index is 0.0380. The van der Waals surface area contributed by atoms with Gasteiger partial charge in [0.25, 0.3) is 0 Å². The summed E-state index contributed by atoms with van der Waals surface area (Å²) in [6.07, 6.45) is 3.40. The van der Waals surface area contributed by atoms with Crippen molar-refractivity contribution in [3.8, 4) is 0 Å². The van der Waals surface area contributed by atoms with Crippen molar-refractivity contribution in [2.75, 3.05) is 32.5 Å². The molecule has 1 heterocycles. The van der Waals surface area contributed by atoms with Gasteiger partial charge in [-0.1, -0.05) is 13.8 Å². The van der Waals surface area contributed by atoms with Crippen molar-refractivity contribution >= 4 is 11.7 Å². The Labute approximate surface area is 114 Å². The number of nitrogens with zero attached hydrogens (tertiary/aromatic N) is 3. The van der Waals surface area contributed by atoms with Gasteiger partial charge in [0.05, 0.1) is 24.6 Å². The second-order valence-corrected chi connectivity index (χ2v) is 5.01. The maximum Gasteiger partial charge on any atom is 0.234 e. The monoisotopic (exact) mass is 265 g/mol. The molecule has 0 atom stereocenters. The fraction of sp³-hybridized carbons (Fsp3) is 0.615. The molecule has 0 saturated carbocycles. The topological polar surface area (TPSA) is 70.2 Å². The summed E-state index contributed by atoms with van der Waals surface area (Å²) in [7, 11) is 3.69. The molecule has 0 saturated heterocycles. The Morgan fingerprint density at radius 1 is 1.37 bits per heavy atom. The molecule has 2 N–H and O–H groups in total. The number of carbonyl (C=O) groups excluding carboxylic acids is 1. The van der Waals surface area contributed by atoms with Crippen molar-refractivity contribution in [2.45, 2.75) is 20.4 Å². The molecule has 0 bridgehead atoms. The van der Waals surface area contributed by atoms with Gasteiger partial charge in [0, 0.05) is 20.1 Å². The number of nitrogens with one attached hydrogen (secondary N) is 2. The van der Waals surface area contributed by atoms with Gasteiger partial charge in [-0.2, -0.15) is 0 Å². The van der Waals surface area contributed by atoms with E-state index < -0.39 is 0 Å². The van der Waals surface area contributed by atoms with Crippen LogP contribution in [0, 0.1) is 5.92 Å². The highest BCUT2D eigenvalue weighted by Crippen LogP contribution is 2.02. The molecule has 6 heteroatoms. The molecule has 6 nitrogen and oxygen atoms in total. The molecule has 1 aromatic rings. The lowest BCUT2D eigenvalue weighted by Crippen LogP contribution is -2.36. The molecule has 0 fully saturated rings. The van der Waals surface area contributed by atoms with Crippen LogP contribution in [0.5, 0.6) is 0 Å². The van der Waals surface area contributed by atoms with Gasteiger partial charge in [0.1, 0.15) is 5.82 Å². The van der Waals surface area contributed by atoms with E-state index in [1.807, 2.05) is 11.9 Å². The van der Waals surface area contributed by atoms with Gasteiger partial charge in [-0.15, -0.1) is 0 Å². The molecule has 19 heavy (non-hydrogen) atoms. The van der Waals surface area contributed by atoms with Gasteiger partial charge in [-0.25, -0.2) is 4.98 Å².